The molecule has 0 heterocycles. The monoisotopic (exact) mass is 181 g/mol. The predicted molar refractivity (Wildman–Crippen MR) is 53.3 cm³/mol. The van der Waals surface area contributed by atoms with Crippen molar-refractivity contribution in [2.45, 2.75) is 5.75 Å². The van der Waals surface area contributed by atoms with E-state index in [2.05, 4.69) is 12.1 Å². The maximum absolute atomic E-state index is 4.95. The third-order valence-electron chi connectivity index (χ3n) is 1.47. The van der Waals surface area contributed by atoms with Crippen molar-refractivity contribution in [3.8, 4) is 0 Å². The third kappa shape index (κ3) is 3.79. The van der Waals surface area contributed by atoms with Crippen LogP contribution in [0.2, 0.25) is 0 Å². The molecule has 0 saturated heterocycles. The topological polar surface area (TPSA) is 9.23 Å². The predicted octanol–water partition coefficient (Wildman–Crippen LogP) is 2.37. The van der Waals surface area contributed by atoms with E-state index in [9.17, 15) is 0 Å². The first kappa shape index (κ1) is 9.62. The molecule has 0 unspecified atom stereocenters. The molecular weight excluding hydrogens is 168 g/mol. The van der Waals surface area contributed by atoms with Gasteiger partial charge in [-0.05, 0) is 11.6 Å². The first-order chi connectivity index (χ1) is 5.93. The van der Waals surface area contributed by atoms with Gasteiger partial charge < -0.3 is 4.74 Å². The van der Waals surface area contributed by atoms with Crippen LogP contribution in [0.1, 0.15) is 5.56 Å². The number of hydrogen-bond donors (Lipinski definition) is 0. The molecule has 1 rings (SSSR count). The zero-order valence-corrected chi connectivity index (χ0v) is 8.06. The van der Waals surface area contributed by atoms with E-state index in [0.29, 0.717) is 0 Å². The van der Waals surface area contributed by atoms with Crippen LogP contribution in [0.15, 0.2) is 24.3 Å². The highest BCUT2D eigenvalue weighted by atomic mass is 32.2. The van der Waals surface area contributed by atoms with Crippen molar-refractivity contribution in [3.05, 3.63) is 35.9 Å². The fraction of sp³-hybridized carbons (Fsp3) is 0.400. The largest absolute Gasteiger partial charge is 0.384 e. The first-order valence-corrected chi connectivity index (χ1v) is 5.10. The van der Waals surface area contributed by atoms with E-state index in [0.717, 1.165) is 18.1 Å². The van der Waals surface area contributed by atoms with E-state index in [1.54, 1.807) is 7.11 Å². The van der Waals surface area contributed by atoms with E-state index in [1.165, 1.54) is 5.56 Å². The number of ether oxygens (including phenoxy) is 1. The Kier molecular flexibility index (Phi) is 4.88. The summed E-state index contributed by atoms with van der Waals surface area (Å²) >= 11 is 1.89. The minimum absolute atomic E-state index is 0.835. The van der Waals surface area contributed by atoms with Crippen molar-refractivity contribution in [2.75, 3.05) is 19.5 Å². The molecule has 0 aliphatic heterocycles. The lowest BCUT2D eigenvalue weighted by atomic mass is 10.2. The quantitative estimate of drug-likeness (QED) is 0.645. The van der Waals surface area contributed by atoms with Gasteiger partial charge in [0.05, 0.1) is 6.61 Å². The minimum Gasteiger partial charge on any atom is -0.384 e. The van der Waals surface area contributed by atoms with Gasteiger partial charge in [-0.1, -0.05) is 24.3 Å². The lowest BCUT2D eigenvalue weighted by molar-refractivity contribution is 0.218. The van der Waals surface area contributed by atoms with Gasteiger partial charge in [0.1, 0.15) is 0 Å². The normalized spacial score (nSPS) is 10.1. The molecule has 0 fully saturated rings. The molecule has 0 bridgehead atoms. The van der Waals surface area contributed by atoms with Crippen molar-refractivity contribution < 1.29 is 4.74 Å². The van der Waals surface area contributed by atoms with Crippen molar-refractivity contribution in [2.24, 2.45) is 0 Å². The van der Waals surface area contributed by atoms with Gasteiger partial charge in [0, 0.05) is 18.6 Å². The molecule has 0 saturated carbocycles. The van der Waals surface area contributed by atoms with Gasteiger partial charge in [0.25, 0.3) is 0 Å². The molecule has 1 aromatic rings. The summed E-state index contributed by atoms with van der Waals surface area (Å²) in [5, 5.41) is 0. The van der Waals surface area contributed by atoms with Crippen molar-refractivity contribution in [3.63, 3.8) is 0 Å². The molecule has 12 heavy (non-hydrogen) atoms. The van der Waals surface area contributed by atoms with Gasteiger partial charge in [-0.25, -0.2) is 0 Å². The second kappa shape index (κ2) is 6.09. The first-order valence-electron chi connectivity index (χ1n) is 3.95. The van der Waals surface area contributed by atoms with E-state index >= 15 is 0 Å². The zero-order chi connectivity index (χ0) is 8.65. The highest BCUT2D eigenvalue weighted by Gasteiger charge is 1.91. The number of methoxy groups -OCH3 is 1. The molecule has 1 nitrogen and oxygen atoms in total. The molecule has 0 aliphatic rings. The molecule has 65 valence electrons. The minimum atomic E-state index is 0.835. The number of rotatable bonds is 5. The lowest BCUT2D eigenvalue weighted by Crippen LogP contribution is -1.91. The summed E-state index contributed by atoms with van der Waals surface area (Å²) in [6.45, 7) is 0.835. The molecule has 0 aliphatic carbocycles. The molecule has 0 N–H and O–H groups in total. The summed E-state index contributed by atoms with van der Waals surface area (Å²) < 4.78 is 4.95. The van der Waals surface area contributed by atoms with Crippen LogP contribution in [-0.2, 0) is 10.5 Å². The van der Waals surface area contributed by atoms with Gasteiger partial charge >= 0.3 is 0 Å². The molecule has 0 amide bonds. The Balaban J connectivity index is 2.16. The molecule has 1 aromatic carbocycles. The van der Waals surface area contributed by atoms with Crippen LogP contribution in [0, 0.1) is 6.07 Å². The smallest absolute Gasteiger partial charge is 0.0553 e. The Morgan fingerprint density at radius 3 is 3.17 bits per heavy atom. The van der Waals surface area contributed by atoms with Gasteiger partial charge in [0.2, 0.25) is 0 Å². The lowest BCUT2D eigenvalue weighted by Gasteiger charge is -1.99. The van der Waals surface area contributed by atoms with Crippen LogP contribution in [0.25, 0.3) is 0 Å². The summed E-state index contributed by atoms with van der Waals surface area (Å²) in [6, 6.07) is 11.1. The third-order valence-corrected chi connectivity index (χ3v) is 2.46. The highest BCUT2D eigenvalue weighted by molar-refractivity contribution is 7.98. The van der Waals surface area contributed by atoms with E-state index in [1.807, 2.05) is 30.0 Å². The summed E-state index contributed by atoms with van der Waals surface area (Å²) in [7, 11) is 1.73. The van der Waals surface area contributed by atoms with Crippen molar-refractivity contribution >= 4 is 11.8 Å². The molecule has 0 spiro atoms. The van der Waals surface area contributed by atoms with Crippen molar-refractivity contribution in [1.82, 2.24) is 0 Å². The van der Waals surface area contributed by atoms with Crippen LogP contribution < -0.4 is 0 Å². The summed E-state index contributed by atoms with van der Waals surface area (Å²) in [5.41, 5.74) is 1.33. The van der Waals surface area contributed by atoms with Crippen LogP contribution in [0.4, 0.5) is 0 Å². The van der Waals surface area contributed by atoms with Gasteiger partial charge in [-0.3, -0.25) is 0 Å². The Hall–Kier alpha value is -0.470. The Bertz CT molecular complexity index is 198. The number of benzene rings is 1. The SMILES string of the molecule is COCCSCc1c[c]ccc1. The molecular formula is C10H13OS. The average Bonchev–Trinajstić information content (AvgIpc) is 2.14. The molecule has 0 aromatic heterocycles. The second-order valence-corrected chi connectivity index (χ2v) is 3.56. The second-order valence-electron chi connectivity index (χ2n) is 2.46. The Morgan fingerprint density at radius 2 is 2.50 bits per heavy atom. The van der Waals surface area contributed by atoms with Gasteiger partial charge in [0.15, 0.2) is 0 Å². The molecule has 0 atom stereocenters. The van der Waals surface area contributed by atoms with Crippen molar-refractivity contribution in [1.29, 1.82) is 0 Å². The van der Waals surface area contributed by atoms with E-state index in [-0.39, 0.29) is 0 Å². The average molecular weight is 181 g/mol. The van der Waals surface area contributed by atoms with E-state index < -0.39 is 0 Å². The Labute approximate surface area is 78.1 Å². The molecule has 2 heteroatoms. The van der Waals surface area contributed by atoms with Crippen LogP contribution >= 0.6 is 11.8 Å². The maximum atomic E-state index is 4.95. The maximum Gasteiger partial charge on any atom is 0.0553 e. The molecule has 1 radical (unpaired) electrons. The van der Waals surface area contributed by atoms with Crippen LogP contribution in [0.3, 0.4) is 0 Å². The van der Waals surface area contributed by atoms with Crippen LogP contribution in [-0.4, -0.2) is 19.5 Å². The summed E-state index contributed by atoms with van der Waals surface area (Å²) in [4.78, 5) is 0. The fourth-order valence-electron chi connectivity index (χ4n) is 0.853. The summed E-state index contributed by atoms with van der Waals surface area (Å²) in [6.07, 6.45) is 0. The van der Waals surface area contributed by atoms with Crippen LogP contribution in [0.5, 0.6) is 0 Å². The fourth-order valence-corrected chi connectivity index (χ4v) is 1.70. The summed E-state index contributed by atoms with van der Waals surface area (Å²) in [5.74, 6) is 2.12. The van der Waals surface area contributed by atoms with E-state index in [4.69, 9.17) is 4.74 Å². The number of thioether (sulfide) groups is 1. The standard InChI is InChI=1S/C10H13OS/c1-11-7-8-12-9-10-5-3-2-4-6-10/h2-3,5-6H,7-9H2,1H3. The number of hydrogen-bond acceptors (Lipinski definition) is 2. The van der Waals surface area contributed by atoms with Gasteiger partial charge in [-0.2, -0.15) is 11.8 Å². The highest BCUT2D eigenvalue weighted by Crippen LogP contribution is 2.10. The Morgan fingerprint density at radius 1 is 1.58 bits per heavy atom. The van der Waals surface area contributed by atoms with Gasteiger partial charge in [-0.15, -0.1) is 0 Å². The zero-order valence-electron chi connectivity index (χ0n) is 7.25.